The van der Waals surface area contributed by atoms with Crippen molar-refractivity contribution in [3.05, 3.63) is 71.3 Å². The van der Waals surface area contributed by atoms with Crippen LogP contribution in [0, 0.1) is 11.6 Å². The summed E-state index contributed by atoms with van der Waals surface area (Å²) in [6.07, 6.45) is 2.47. The molecule has 1 fully saturated rings. The second-order valence-corrected chi connectivity index (χ2v) is 7.00. The Labute approximate surface area is 169 Å². The van der Waals surface area contributed by atoms with Crippen LogP contribution < -0.4 is 16.0 Å². The Morgan fingerprint density at radius 1 is 1.34 bits per heavy atom. The van der Waals surface area contributed by atoms with Crippen LogP contribution in [-0.2, 0) is 9.53 Å². The number of benzene rings is 2. The van der Waals surface area contributed by atoms with E-state index < -0.39 is 11.6 Å². The number of carbonyl (C=O) groups excluding carboxylic acids is 1. The number of anilines is 1. The number of morpholine rings is 1. The molecule has 0 bridgehead atoms. The third kappa shape index (κ3) is 5.62. The average Bonchev–Trinajstić information content (AvgIpc) is 2.74. The highest BCUT2D eigenvalue weighted by molar-refractivity contribution is 5.92. The molecule has 0 saturated carbocycles. The molecule has 0 spiro atoms. The van der Waals surface area contributed by atoms with E-state index in [9.17, 15) is 13.6 Å². The molecule has 1 amide bonds. The molecule has 3 rings (SSSR count). The highest BCUT2D eigenvalue weighted by Crippen LogP contribution is 2.22. The topological polar surface area (TPSA) is 67.6 Å². The highest BCUT2D eigenvalue weighted by atomic mass is 19.1. The predicted octanol–water partition coefficient (Wildman–Crippen LogP) is 3.02. The Morgan fingerprint density at radius 3 is 2.97 bits per heavy atom. The number of rotatable bonds is 6. The monoisotopic (exact) mass is 401 g/mol. The molecular formula is C22H25F2N3O2. The number of hydrogen-bond donors (Lipinski definition) is 2. The van der Waals surface area contributed by atoms with Gasteiger partial charge < -0.3 is 20.7 Å². The van der Waals surface area contributed by atoms with Gasteiger partial charge in [0, 0.05) is 37.0 Å². The quantitative estimate of drug-likeness (QED) is 0.731. The van der Waals surface area contributed by atoms with Crippen LogP contribution >= 0.6 is 0 Å². The highest BCUT2D eigenvalue weighted by Gasteiger charge is 2.20. The molecule has 0 aromatic heterocycles. The smallest absolute Gasteiger partial charge is 0.244 e. The second-order valence-electron chi connectivity index (χ2n) is 7.00. The number of ether oxygens (including phenoxy) is 1. The van der Waals surface area contributed by atoms with Gasteiger partial charge in [0.05, 0.1) is 18.8 Å². The molecular weight excluding hydrogens is 376 g/mol. The zero-order valence-corrected chi connectivity index (χ0v) is 16.3. The second kappa shape index (κ2) is 9.62. The van der Waals surface area contributed by atoms with Crippen LogP contribution in [0.3, 0.4) is 0 Å². The first-order valence-corrected chi connectivity index (χ1v) is 9.56. The van der Waals surface area contributed by atoms with Gasteiger partial charge >= 0.3 is 0 Å². The SMILES string of the molecule is CC(NC(=O)/C=C/c1cc(F)ccc1F)c1cccc(N2CCOC(CN)C2)c1. The lowest BCUT2D eigenvalue weighted by Gasteiger charge is -2.34. The normalized spacial score (nSPS) is 18.1. The molecule has 7 heteroatoms. The van der Waals surface area contributed by atoms with E-state index in [1.54, 1.807) is 0 Å². The van der Waals surface area contributed by atoms with E-state index in [0.717, 1.165) is 42.5 Å². The van der Waals surface area contributed by atoms with Gasteiger partial charge in [-0.3, -0.25) is 4.79 Å². The van der Waals surface area contributed by atoms with Crippen LogP contribution in [-0.4, -0.2) is 38.3 Å². The first-order valence-electron chi connectivity index (χ1n) is 9.56. The minimum atomic E-state index is -0.586. The van der Waals surface area contributed by atoms with Crippen LogP contribution in [0.25, 0.3) is 6.08 Å². The van der Waals surface area contributed by atoms with E-state index in [4.69, 9.17) is 10.5 Å². The van der Waals surface area contributed by atoms with Gasteiger partial charge in [0.25, 0.3) is 0 Å². The first kappa shape index (κ1) is 21.0. The molecule has 3 N–H and O–H groups in total. The Kier molecular flexibility index (Phi) is 6.95. The molecule has 1 aliphatic heterocycles. The van der Waals surface area contributed by atoms with Crippen molar-refractivity contribution in [2.24, 2.45) is 5.73 Å². The summed E-state index contributed by atoms with van der Waals surface area (Å²) in [6, 6.07) is 10.8. The molecule has 0 aliphatic carbocycles. The Bertz CT molecular complexity index is 888. The molecule has 1 aliphatic rings. The van der Waals surface area contributed by atoms with Gasteiger partial charge in [-0.05, 0) is 48.9 Å². The van der Waals surface area contributed by atoms with Crippen LogP contribution in [0.15, 0.2) is 48.5 Å². The largest absolute Gasteiger partial charge is 0.373 e. The standard InChI is InChI=1S/C22H25F2N3O2/c1-15(26-22(28)8-5-17-11-18(23)6-7-21(17)24)16-3-2-4-19(12-16)27-9-10-29-20(13-25)14-27/h2-8,11-12,15,20H,9-10,13-14,25H2,1H3,(H,26,28)/b8-5+. The number of halogens is 2. The summed E-state index contributed by atoms with van der Waals surface area (Å²) in [5.41, 5.74) is 7.73. The maximum Gasteiger partial charge on any atom is 0.244 e. The molecule has 29 heavy (non-hydrogen) atoms. The van der Waals surface area contributed by atoms with Crippen LogP contribution in [0.4, 0.5) is 14.5 Å². The number of hydrogen-bond acceptors (Lipinski definition) is 4. The summed E-state index contributed by atoms with van der Waals surface area (Å²) in [7, 11) is 0. The van der Waals surface area contributed by atoms with Gasteiger partial charge in [0.15, 0.2) is 0 Å². The molecule has 1 heterocycles. The minimum absolute atomic E-state index is 0.0119. The third-order valence-electron chi connectivity index (χ3n) is 4.87. The molecule has 2 aromatic rings. The van der Waals surface area contributed by atoms with E-state index >= 15 is 0 Å². The summed E-state index contributed by atoms with van der Waals surface area (Å²) < 4.78 is 32.5. The summed E-state index contributed by atoms with van der Waals surface area (Å²) in [6.45, 7) is 4.47. The lowest BCUT2D eigenvalue weighted by molar-refractivity contribution is -0.117. The van der Waals surface area contributed by atoms with Gasteiger partial charge in [-0.15, -0.1) is 0 Å². The van der Waals surface area contributed by atoms with Gasteiger partial charge in [-0.2, -0.15) is 0 Å². The number of carbonyl (C=O) groups is 1. The fourth-order valence-electron chi connectivity index (χ4n) is 3.24. The van der Waals surface area contributed by atoms with Crippen molar-refractivity contribution < 1.29 is 18.3 Å². The molecule has 1 saturated heterocycles. The zero-order valence-electron chi connectivity index (χ0n) is 16.3. The lowest BCUT2D eigenvalue weighted by Crippen LogP contribution is -2.45. The number of nitrogens with one attached hydrogen (secondary N) is 1. The maximum atomic E-state index is 13.7. The fourth-order valence-corrected chi connectivity index (χ4v) is 3.24. The Morgan fingerprint density at radius 2 is 2.17 bits per heavy atom. The van der Waals surface area contributed by atoms with Crippen molar-refractivity contribution in [1.82, 2.24) is 5.32 Å². The Hall–Kier alpha value is -2.77. The van der Waals surface area contributed by atoms with E-state index in [-0.39, 0.29) is 23.6 Å². The maximum absolute atomic E-state index is 13.7. The number of amides is 1. The minimum Gasteiger partial charge on any atom is -0.373 e. The summed E-state index contributed by atoms with van der Waals surface area (Å²) in [4.78, 5) is 14.4. The number of nitrogens with zero attached hydrogens (tertiary/aromatic N) is 1. The average molecular weight is 401 g/mol. The van der Waals surface area contributed by atoms with Crippen LogP contribution in [0.5, 0.6) is 0 Å². The first-order chi connectivity index (χ1) is 14.0. The summed E-state index contributed by atoms with van der Waals surface area (Å²) >= 11 is 0. The predicted molar refractivity (Wildman–Crippen MR) is 109 cm³/mol. The van der Waals surface area contributed by atoms with Crippen LogP contribution in [0.2, 0.25) is 0 Å². The van der Waals surface area contributed by atoms with Crippen molar-refractivity contribution in [1.29, 1.82) is 0 Å². The van der Waals surface area contributed by atoms with Crippen LogP contribution in [0.1, 0.15) is 24.1 Å². The molecule has 154 valence electrons. The van der Waals surface area contributed by atoms with E-state index in [2.05, 4.69) is 10.2 Å². The van der Waals surface area contributed by atoms with Gasteiger partial charge in [0.1, 0.15) is 11.6 Å². The molecule has 2 atom stereocenters. The molecule has 2 aromatic carbocycles. The van der Waals surface area contributed by atoms with Crippen molar-refractivity contribution in [3.63, 3.8) is 0 Å². The molecule has 0 radical (unpaired) electrons. The van der Waals surface area contributed by atoms with E-state index in [1.807, 2.05) is 31.2 Å². The fraction of sp³-hybridized carbons (Fsp3) is 0.318. The van der Waals surface area contributed by atoms with Gasteiger partial charge in [0.2, 0.25) is 5.91 Å². The lowest BCUT2D eigenvalue weighted by atomic mass is 10.1. The van der Waals surface area contributed by atoms with Gasteiger partial charge in [-0.25, -0.2) is 8.78 Å². The Balaban J connectivity index is 1.64. The van der Waals surface area contributed by atoms with E-state index in [1.165, 1.54) is 12.2 Å². The molecule has 2 unspecified atom stereocenters. The van der Waals surface area contributed by atoms with Crippen molar-refractivity contribution in [2.45, 2.75) is 19.1 Å². The number of nitrogens with two attached hydrogens (primary N) is 1. The third-order valence-corrected chi connectivity index (χ3v) is 4.87. The summed E-state index contributed by atoms with van der Waals surface area (Å²) in [5.74, 6) is -1.53. The summed E-state index contributed by atoms with van der Waals surface area (Å²) in [5, 5.41) is 2.85. The van der Waals surface area contributed by atoms with Crippen molar-refractivity contribution in [3.8, 4) is 0 Å². The van der Waals surface area contributed by atoms with Crippen molar-refractivity contribution >= 4 is 17.7 Å². The van der Waals surface area contributed by atoms with Gasteiger partial charge in [-0.1, -0.05) is 12.1 Å². The zero-order chi connectivity index (χ0) is 20.8. The molecule has 5 nitrogen and oxygen atoms in total. The van der Waals surface area contributed by atoms with Crippen molar-refractivity contribution in [2.75, 3.05) is 31.1 Å². The van der Waals surface area contributed by atoms with E-state index in [0.29, 0.717) is 13.2 Å².